The van der Waals surface area contributed by atoms with Crippen molar-refractivity contribution in [2.24, 2.45) is 0 Å². The summed E-state index contributed by atoms with van der Waals surface area (Å²) in [6.07, 6.45) is 0. The fraction of sp³-hybridized carbons (Fsp3) is 0. The molecule has 1 heterocycles. The van der Waals surface area contributed by atoms with Crippen LogP contribution in [0.2, 0.25) is 5.15 Å². The molecule has 1 aromatic heterocycles. The summed E-state index contributed by atoms with van der Waals surface area (Å²) < 4.78 is 12.9. The summed E-state index contributed by atoms with van der Waals surface area (Å²) >= 11 is 11.1. The highest BCUT2D eigenvalue weighted by Gasteiger charge is 2.10. The summed E-state index contributed by atoms with van der Waals surface area (Å²) in [6.45, 7) is 0. The lowest BCUT2D eigenvalue weighted by atomic mass is 10.1. The topological polar surface area (TPSA) is 30.0 Å². The first kappa shape index (κ1) is 10.3. The molecule has 0 amide bonds. The van der Waals surface area contributed by atoms with Crippen LogP contribution in [0.5, 0.6) is 0 Å². The minimum absolute atomic E-state index is 0.108. The van der Waals surface area contributed by atoms with E-state index >= 15 is 0 Å². The molecule has 76 valence electrons. The van der Waals surface area contributed by atoms with Crippen molar-refractivity contribution in [3.63, 3.8) is 0 Å². The van der Waals surface area contributed by atoms with Crippen LogP contribution < -0.4 is 0 Å². The first-order valence-electron chi connectivity index (χ1n) is 4.03. The van der Waals surface area contributed by atoms with Gasteiger partial charge in [-0.15, -0.1) is 0 Å². The summed E-state index contributed by atoms with van der Waals surface area (Å²) in [7, 11) is 0. The van der Waals surface area contributed by atoms with E-state index in [0.29, 0.717) is 10.9 Å². The van der Waals surface area contributed by atoms with Crippen LogP contribution in [0.1, 0.15) is 10.4 Å². The van der Waals surface area contributed by atoms with Crippen molar-refractivity contribution in [1.82, 2.24) is 4.98 Å². The van der Waals surface area contributed by atoms with Crippen molar-refractivity contribution in [3.8, 4) is 0 Å². The van der Waals surface area contributed by atoms with Crippen molar-refractivity contribution in [1.29, 1.82) is 0 Å². The van der Waals surface area contributed by atoms with Crippen molar-refractivity contribution < 1.29 is 9.18 Å². The SMILES string of the molecule is O=C(Cl)c1cc(Cl)nc2cc(F)ccc12. The zero-order valence-electron chi connectivity index (χ0n) is 7.30. The van der Waals surface area contributed by atoms with Gasteiger partial charge in [0.05, 0.1) is 5.52 Å². The van der Waals surface area contributed by atoms with Gasteiger partial charge >= 0.3 is 0 Å². The molecule has 0 atom stereocenters. The largest absolute Gasteiger partial charge is 0.276 e. The molecule has 5 heteroatoms. The number of hydrogen-bond acceptors (Lipinski definition) is 2. The second kappa shape index (κ2) is 3.76. The second-order valence-corrected chi connectivity index (χ2v) is 3.66. The standard InChI is InChI=1S/C10H4Cl2FNO/c11-9-4-7(10(12)15)6-2-1-5(13)3-8(6)14-9/h1-4H. The number of fused-ring (bicyclic) bond motifs is 1. The van der Waals surface area contributed by atoms with Crippen molar-refractivity contribution in [2.75, 3.05) is 0 Å². The number of rotatable bonds is 1. The van der Waals surface area contributed by atoms with E-state index in [2.05, 4.69) is 4.98 Å². The predicted octanol–water partition coefficient (Wildman–Crippen LogP) is 3.41. The van der Waals surface area contributed by atoms with E-state index in [0.717, 1.165) is 0 Å². The van der Waals surface area contributed by atoms with Gasteiger partial charge in [-0.1, -0.05) is 11.6 Å². The molecule has 0 unspecified atom stereocenters. The Labute approximate surface area is 94.6 Å². The number of carbonyl (C=O) groups excluding carboxylic acids is 1. The maximum atomic E-state index is 12.9. The molecule has 0 N–H and O–H groups in total. The molecule has 0 radical (unpaired) electrons. The highest BCUT2D eigenvalue weighted by molar-refractivity contribution is 6.68. The summed E-state index contributed by atoms with van der Waals surface area (Å²) in [5.74, 6) is -0.440. The maximum absolute atomic E-state index is 12.9. The monoisotopic (exact) mass is 243 g/mol. The zero-order chi connectivity index (χ0) is 11.0. The number of benzene rings is 1. The van der Waals surface area contributed by atoms with E-state index in [1.807, 2.05) is 0 Å². The van der Waals surface area contributed by atoms with Crippen molar-refractivity contribution in [2.45, 2.75) is 0 Å². The molecule has 2 rings (SSSR count). The number of pyridine rings is 1. The molecule has 0 fully saturated rings. The van der Waals surface area contributed by atoms with Crippen LogP contribution in [0.4, 0.5) is 4.39 Å². The third-order valence-corrected chi connectivity index (χ3v) is 2.35. The number of hydrogen-bond donors (Lipinski definition) is 0. The maximum Gasteiger partial charge on any atom is 0.253 e. The summed E-state index contributed by atoms with van der Waals surface area (Å²) in [5.41, 5.74) is 0.540. The van der Waals surface area contributed by atoms with Crippen LogP contribution in [0.15, 0.2) is 24.3 Å². The van der Waals surface area contributed by atoms with Gasteiger partial charge in [-0.2, -0.15) is 0 Å². The predicted molar refractivity (Wildman–Crippen MR) is 56.9 cm³/mol. The Kier molecular flexibility index (Phi) is 2.59. The molecule has 2 aromatic rings. The summed E-state index contributed by atoms with van der Waals surface area (Å²) in [6, 6.07) is 5.24. The third-order valence-electron chi connectivity index (χ3n) is 1.95. The summed E-state index contributed by atoms with van der Waals surface area (Å²) in [5, 5.41) is -0.0474. The number of nitrogens with zero attached hydrogens (tertiary/aromatic N) is 1. The van der Waals surface area contributed by atoms with E-state index < -0.39 is 11.1 Å². The average Bonchev–Trinajstić information content (AvgIpc) is 2.15. The fourth-order valence-electron chi connectivity index (χ4n) is 1.33. The quantitative estimate of drug-likeness (QED) is 0.568. The highest BCUT2D eigenvalue weighted by atomic mass is 35.5. The lowest BCUT2D eigenvalue weighted by Gasteiger charge is -2.02. The fourth-order valence-corrected chi connectivity index (χ4v) is 1.69. The van der Waals surface area contributed by atoms with Crippen LogP contribution in [0, 0.1) is 5.82 Å². The lowest BCUT2D eigenvalue weighted by Crippen LogP contribution is -1.94. The average molecular weight is 244 g/mol. The number of aromatic nitrogens is 1. The Morgan fingerprint density at radius 3 is 2.73 bits per heavy atom. The molecule has 2 nitrogen and oxygen atoms in total. The molecular formula is C10H4Cl2FNO. The van der Waals surface area contributed by atoms with Gasteiger partial charge < -0.3 is 0 Å². The van der Waals surface area contributed by atoms with Gasteiger partial charge in [0.15, 0.2) is 0 Å². The number of halogens is 3. The molecule has 0 aliphatic rings. The minimum atomic E-state index is -0.643. The molecule has 0 saturated carbocycles. The van der Waals surface area contributed by atoms with Gasteiger partial charge in [0.2, 0.25) is 0 Å². The second-order valence-electron chi connectivity index (χ2n) is 2.93. The molecule has 0 aliphatic carbocycles. The van der Waals surface area contributed by atoms with E-state index in [1.165, 1.54) is 24.3 Å². The van der Waals surface area contributed by atoms with Gasteiger partial charge in [0.25, 0.3) is 5.24 Å². The Bertz CT molecular complexity index is 551. The van der Waals surface area contributed by atoms with Crippen LogP contribution in [0.25, 0.3) is 10.9 Å². The first-order valence-corrected chi connectivity index (χ1v) is 4.79. The van der Waals surface area contributed by atoms with Crippen molar-refractivity contribution in [3.05, 3.63) is 40.8 Å². The molecular weight excluding hydrogens is 240 g/mol. The normalized spacial score (nSPS) is 10.6. The Morgan fingerprint density at radius 1 is 1.33 bits per heavy atom. The van der Waals surface area contributed by atoms with Crippen LogP contribution in [-0.4, -0.2) is 10.2 Å². The van der Waals surface area contributed by atoms with E-state index in [9.17, 15) is 9.18 Å². The molecule has 15 heavy (non-hydrogen) atoms. The van der Waals surface area contributed by atoms with Gasteiger partial charge in [0, 0.05) is 17.0 Å². The van der Waals surface area contributed by atoms with E-state index in [4.69, 9.17) is 23.2 Å². The lowest BCUT2D eigenvalue weighted by molar-refractivity contribution is 0.108. The third kappa shape index (κ3) is 1.94. The molecule has 0 saturated heterocycles. The van der Waals surface area contributed by atoms with Gasteiger partial charge in [-0.05, 0) is 29.8 Å². The number of carbonyl (C=O) groups is 1. The Hall–Kier alpha value is -1.19. The molecule has 0 aliphatic heterocycles. The van der Waals surface area contributed by atoms with Crippen LogP contribution in [-0.2, 0) is 0 Å². The van der Waals surface area contributed by atoms with Crippen molar-refractivity contribution >= 4 is 39.3 Å². The van der Waals surface area contributed by atoms with E-state index in [-0.39, 0.29) is 10.7 Å². The molecule has 0 spiro atoms. The molecule has 1 aromatic carbocycles. The van der Waals surface area contributed by atoms with Crippen LogP contribution >= 0.6 is 23.2 Å². The minimum Gasteiger partial charge on any atom is -0.276 e. The van der Waals surface area contributed by atoms with Gasteiger partial charge in [-0.25, -0.2) is 9.37 Å². The smallest absolute Gasteiger partial charge is 0.253 e. The van der Waals surface area contributed by atoms with Gasteiger partial charge in [-0.3, -0.25) is 4.79 Å². The van der Waals surface area contributed by atoms with Gasteiger partial charge in [0.1, 0.15) is 11.0 Å². The highest BCUT2D eigenvalue weighted by Crippen LogP contribution is 2.23. The zero-order valence-corrected chi connectivity index (χ0v) is 8.81. The Morgan fingerprint density at radius 2 is 2.07 bits per heavy atom. The summed E-state index contributed by atoms with van der Waals surface area (Å²) in [4.78, 5) is 15.0. The Balaban J connectivity index is 2.86. The first-order chi connectivity index (χ1) is 7.08. The van der Waals surface area contributed by atoms with E-state index in [1.54, 1.807) is 0 Å². The van der Waals surface area contributed by atoms with Crippen LogP contribution in [0.3, 0.4) is 0 Å². The molecule has 0 bridgehead atoms.